The molecule has 0 radical (unpaired) electrons. The summed E-state index contributed by atoms with van der Waals surface area (Å²) in [6.07, 6.45) is 6.34. The zero-order valence-electron chi connectivity index (χ0n) is 8.86. The van der Waals surface area contributed by atoms with Gasteiger partial charge in [-0.2, -0.15) is 0 Å². The van der Waals surface area contributed by atoms with E-state index in [4.69, 9.17) is 10.5 Å². The molecule has 0 aromatic carbocycles. The molecule has 0 bridgehead atoms. The highest BCUT2D eigenvalue weighted by atomic mass is 16.5. The monoisotopic (exact) mass is 206 g/mol. The first-order valence-corrected chi connectivity index (χ1v) is 4.45. The second-order valence-electron chi connectivity index (χ2n) is 2.99. The first kappa shape index (κ1) is 11.1. The summed E-state index contributed by atoms with van der Waals surface area (Å²) in [6.45, 7) is 5.12. The Morgan fingerprint density at radius 2 is 2.33 bits per heavy atom. The number of ether oxygens (including phenoxy) is 1. The van der Waals surface area contributed by atoms with Crippen molar-refractivity contribution < 1.29 is 9.53 Å². The Hall–Kier alpha value is -1.97. The van der Waals surface area contributed by atoms with Crippen molar-refractivity contribution in [3.05, 3.63) is 48.3 Å². The number of ketones is 1. The van der Waals surface area contributed by atoms with Gasteiger partial charge in [0.2, 0.25) is 0 Å². The van der Waals surface area contributed by atoms with Crippen molar-refractivity contribution in [3.8, 4) is 0 Å². The zero-order valence-corrected chi connectivity index (χ0v) is 8.86. The third-order valence-corrected chi connectivity index (χ3v) is 2.08. The van der Waals surface area contributed by atoms with E-state index < -0.39 is 0 Å². The van der Waals surface area contributed by atoms with Gasteiger partial charge < -0.3 is 15.4 Å². The van der Waals surface area contributed by atoms with Gasteiger partial charge in [-0.3, -0.25) is 4.79 Å². The van der Waals surface area contributed by atoms with Gasteiger partial charge in [0.15, 0.2) is 5.78 Å². The molecule has 80 valence electrons. The van der Waals surface area contributed by atoms with Crippen LogP contribution in [0, 0.1) is 0 Å². The molecule has 0 aromatic heterocycles. The fourth-order valence-corrected chi connectivity index (χ4v) is 1.29. The number of nitrogens with two attached hydrogens (primary N) is 1. The smallest absolute Gasteiger partial charge is 0.163 e. The van der Waals surface area contributed by atoms with Gasteiger partial charge in [0.25, 0.3) is 0 Å². The van der Waals surface area contributed by atoms with Gasteiger partial charge in [0.05, 0.1) is 24.6 Å². The van der Waals surface area contributed by atoms with E-state index in [1.807, 2.05) is 0 Å². The molecule has 1 aliphatic rings. The molecule has 0 atom stereocenters. The molecule has 1 rings (SSSR count). The van der Waals surface area contributed by atoms with Gasteiger partial charge in [0.1, 0.15) is 5.76 Å². The highest BCUT2D eigenvalue weighted by molar-refractivity contribution is 5.97. The highest BCUT2D eigenvalue weighted by Crippen LogP contribution is 2.23. The number of carbonyl (C=O) groups excluding carboxylic acids is 1. The van der Waals surface area contributed by atoms with Crippen molar-refractivity contribution >= 4 is 5.78 Å². The number of nitrogens with zero attached hydrogens (tertiary/aromatic N) is 1. The average Bonchev–Trinajstić information content (AvgIpc) is 2.26. The second-order valence-corrected chi connectivity index (χ2v) is 2.99. The van der Waals surface area contributed by atoms with Crippen LogP contribution in [0.4, 0.5) is 0 Å². The van der Waals surface area contributed by atoms with Crippen LogP contribution in [0.2, 0.25) is 0 Å². The molecular formula is C11H14N2O2. The van der Waals surface area contributed by atoms with E-state index in [2.05, 4.69) is 6.58 Å². The van der Waals surface area contributed by atoms with E-state index in [1.165, 1.54) is 20.2 Å². The van der Waals surface area contributed by atoms with E-state index >= 15 is 0 Å². The molecule has 4 nitrogen and oxygen atoms in total. The maximum absolute atomic E-state index is 11.3. The number of allylic oxidation sites excluding steroid dienone is 2. The predicted molar refractivity (Wildman–Crippen MR) is 58.2 cm³/mol. The van der Waals surface area contributed by atoms with Gasteiger partial charge in [-0.1, -0.05) is 6.58 Å². The molecule has 0 aliphatic carbocycles. The van der Waals surface area contributed by atoms with Crippen molar-refractivity contribution in [2.24, 2.45) is 5.73 Å². The van der Waals surface area contributed by atoms with Crippen LogP contribution in [0.1, 0.15) is 6.92 Å². The predicted octanol–water partition coefficient (Wildman–Crippen LogP) is 1.25. The Labute approximate surface area is 89.0 Å². The minimum Gasteiger partial charge on any atom is -0.494 e. The van der Waals surface area contributed by atoms with Crippen LogP contribution >= 0.6 is 0 Å². The van der Waals surface area contributed by atoms with Crippen molar-refractivity contribution in [3.63, 3.8) is 0 Å². The van der Waals surface area contributed by atoms with Crippen molar-refractivity contribution in [1.82, 2.24) is 4.90 Å². The first-order chi connectivity index (χ1) is 7.13. The van der Waals surface area contributed by atoms with Crippen LogP contribution in [-0.2, 0) is 9.53 Å². The Morgan fingerprint density at radius 3 is 2.73 bits per heavy atom. The number of rotatable bonds is 3. The summed E-state index contributed by atoms with van der Waals surface area (Å²) in [5.41, 5.74) is 6.64. The SMILES string of the molecule is C=CN1C=C(OC)C(C(C)=O)=C/C1=C/N. The average molecular weight is 206 g/mol. The minimum atomic E-state index is -0.0637. The van der Waals surface area contributed by atoms with E-state index in [9.17, 15) is 4.79 Å². The molecular weight excluding hydrogens is 192 g/mol. The summed E-state index contributed by atoms with van der Waals surface area (Å²) in [6, 6.07) is 0. The van der Waals surface area contributed by atoms with Crippen LogP contribution in [0.5, 0.6) is 0 Å². The molecule has 0 unspecified atom stereocenters. The lowest BCUT2D eigenvalue weighted by atomic mass is 10.1. The molecule has 0 fully saturated rings. The summed E-state index contributed by atoms with van der Waals surface area (Å²) in [5.74, 6) is 0.444. The van der Waals surface area contributed by atoms with Gasteiger partial charge in [-0.05, 0) is 13.0 Å². The number of hydrogen-bond donors (Lipinski definition) is 1. The zero-order chi connectivity index (χ0) is 11.4. The van der Waals surface area contributed by atoms with Gasteiger partial charge in [-0.15, -0.1) is 0 Å². The quantitative estimate of drug-likeness (QED) is 0.755. The number of carbonyl (C=O) groups is 1. The van der Waals surface area contributed by atoms with E-state index in [0.717, 1.165) is 0 Å². The maximum atomic E-state index is 11.3. The summed E-state index contributed by atoms with van der Waals surface area (Å²) in [7, 11) is 1.51. The van der Waals surface area contributed by atoms with Crippen LogP contribution < -0.4 is 5.73 Å². The molecule has 0 aromatic rings. The topological polar surface area (TPSA) is 55.6 Å². The van der Waals surface area contributed by atoms with E-state index in [1.54, 1.807) is 23.4 Å². The number of Topliss-reactive ketones (excluding diaryl/α,β-unsaturated/α-hetero) is 1. The fourth-order valence-electron chi connectivity index (χ4n) is 1.29. The van der Waals surface area contributed by atoms with E-state index in [0.29, 0.717) is 17.0 Å². The molecule has 0 saturated carbocycles. The van der Waals surface area contributed by atoms with Crippen LogP contribution in [-0.4, -0.2) is 17.8 Å². The van der Waals surface area contributed by atoms with Crippen LogP contribution in [0.25, 0.3) is 0 Å². The Kier molecular flexibility index (Phi) is 3.33. The fraction of sp³-hybridized carbons (Fsp3) is 0.182. The largest absolute Gasteiger partial charge is 0.494 e. The normalized spacial score (nSPS) is 18.3. The minimum absolute atomic E-state index is 0.0637. The van der Waals surface area contributed by atoms with E-state index in [-0.39, 0.29) is 5.78 Å². The molecule has 0 spiro atoms. The van der Waals surface area contributed by atoms with Crippen molar-refractivity contribution in [1.29, 1.82) is 0 Å². The standard InChI is InChI=1S/C11H14N2O2/c1-4-13-7-11(15-3)10(8(2)14)5-9(13)6-12/h4-7H,1,12H2,2-3H3/b9-6-. The highest BCUT2D eigenvalue weighted by Gasteiger charge is 2.19. The number of hydrogen-bond acceptors (Lipinski definition) is 4. The lowest BCUT2D eigenvalue weighted by Gasteiger charge is -2.23. The summed E-state index contributed by atoms with van der Waals surface area (Å²) in [5, 5.41) is 0. The van der Waals surface area contributed by atoms with Gasteiger partial charge in [0, 0.05) is 12.4 Å². The molecule has 15 heavy (non-hydrogen) atoms. The van der Waals surface area contributed by atoms with Crippen LogP contribution in [0.3, 0.4) is 0 Å². The third kappa shape index (κ3) is 2.10. The first-order valence-electron chi connectivity index (χ1n) is 4.45. The summed E-state index contributed by atoms with van der Waals surface area (Å²) in [4.78, 5) is 13.0. The Balaban J connectivity index is 3.18. The number of methoxy groups -OCH3 is 1. The van der Waals surface area contributed by atoms with Crippen molar-refractivity contribution in [2.75, 3.05) is 7.11 Å². The Morgan fingerprint density at radius 1 is 1.67 bits per heavy atom. The van der Waals surface area contributed by atoms with Crippen molar-refractivity contribution in [2.45, 2.75) is 6.92 Å². The molecule has 4 heteroatoms. The Bertz CT molecular complexity index is 378. The lowest BCUT2D eigenvalue weighted by Crippen LogP contribution is -2.18. The third-order valence-electron chi connectivity index (χ3n) is 2.08. The lowest BCUT2D eigenvalue weighted by molar-refractivity contribution is -0.113. The molecule has 0 saturated heterocycles. The second kappa shape index (κ2) is 4.50. The van der Waals surface area contributed by atoms with Gasteiger partial charge >= 0.3 is 0 Å². The maximum Gasteiger partial charge on any atom is 0.163 e. The molecule has 1 aliphatic heterocycles. The molecule has 0 amide bonds. The summed E-state index contributed by atoms with van der Waals surface area (Å²) >= 11 is 0. The molecule has 2 N–H and O–H groups in total. The summed E-state index contributed by atoms with van der Waals surface area (Å²) < 4.78 is 5.10. The van der Waals surface area contributed by atoms with Crippen LogP contribution in [0.15, 0.2) is 48.3 Å². The van der Waals surface area contributed by atoms with Gasteiger partial charge in [-0.25, -0.2) is 0 Å². The molecule has 1 heterocycles.